The van der Waals surface area contributed by atoms with Gasteiger partial charge in [-0.05, 0) is 57.1 Å². The van der Waals surface area contributed by atoms with E-state index in [4.69, 9.17) is 4.74 Å². The number of hydrogen-bond acceptors (Lipinski definition) is 6. The Morgan fingerprint density at radius 3 is 2.74 bits per heavy atom. The van der Waals surface area contributed by atoms with Gasteiger partial charge in [0.15, 0.2) is 15.9 Å². The fourth-order valence-electron chi connectivity index (χ4n) is 3.92. The number of nitrogens with zero attached hydrogens (tertiary/aromatic N) is 1. The van der Waals surface area contributed by atoms with Crippen LogP contribution in [0.25, 0.3) is 0 Å². The van der Waals surface area contributed by atoms with Crippen LogP contribution in [0.5, 0.6) is 0 Å². The number of thiophene rings is 1. The Morgan fingerprint density at radius 1 is 1.37 bits per heavy atom. The van der Waals surface area contributed by atoms with Crippen molar-refractivity contribution in [2.45, 2.75) is 58.6 Å². The average Bonchev–Trinajstić information content (AvgIpc) is 3.18. The number of sulfone groups is 1. The Kier molecular flexibility index (Phi) is 5.96. The standard InChI is InChI=1S/C19H27NO5S2/c1-4-20(15-7-8-27(23,24)11-15)18(21)13(3)25-19(22)17-10-14-9-12(2)5-6-16(14)26-17/h10,12-13,15H,4-9,11H2,1-3H3. The summed E-state index contributed by atoms with van der Waals surface area (Å²) in [6.45, 7) is 5.97. The van der Waals surface area contributed by atoms with E-state index in [1.807, 2.05) is 13.0 Å². The van der Waals surface area contributed by atoms with Crippen molar-refractivity contribution in [1.29, 1.82) is 0 Å². The van der Waals surface area contributed by atoms with Crippen molar-refractivity contribution in [3.05, 3.63) is 21.4 Å². The van der Waals surface area contributed by atoms with Crippen LogP contribution in [0.2, 0.25) is 0 Å². The van der Waals surface area contributed by atoms with Gasteiger partial charge in [0.2, 0.25) is 0 Å². The first-order chi connectivity index (χ1) is 12.7. The number of carbonyl (C=O) groups excluding carboxylic acids is 2. The molecule has 1 aliphatic carbocycles. The van der Waals surface area contributed by atoms with Crippen LogP contribution < -0.4 is 0 Å². The average molecular weight is 414 g/mol. The quantitative estimate of drug-likeness (QED) is 0.693. The normalized spacial score (nSPS) is 24.9. The van der Waals surface area contributed by atoms with E-state index in [1.54, 1.807) is 6.92 Å². The SMILES string of the molecule is CCN(C(=O)C(C)OC(=O)c1cc2c(s1)CCC(C)C2)C1CCS(=O)(=O)C1. The molecule has 1 aromatic rings. The van der Waals surface area contributed by atoms with Crippen LogP contribution in [0.4, 0.5) is 0 Å². The Morgan fingerprint density at radius 2 is 2.11 bits per heavy atom. The lowest BCUT2D eigenvalue weighted by atomic mass is 9.90. The maximum absolute atomic E-state index is 12.7. The van der Waals surface area contributed by atoms with Crippen molar-refractivity contribution < 1.29 is 22.7 Å². The summed E-state index contributed by atoms with van der Waals surface area (Å²) in [5, 5.41) is 0. The minimum absolute atomic E-state index is 0.0108. The molecule has 8 heteroatoms. The summed E-state index contributed by atoms with van der Waals surface area (Å²) >= 11 is 1.46. The first-order valence-electron chi connectivity index (χ1n) is 9.53. The fourth-order valence-corrected chi connectivity index (χ4v) is 6.75. The summed E-state index contributed by atoms with van der Waals surface area (Å²) in [4.78, 5) is 28.6. The van der Waals surface area contributed by atoms with Crippen LogP contribution in [0, 0.1) is 5.92 Å². The number of esters is 1. The number of hydrogen-bond donors (Lipinski definition) is 0. The van der Waals surface area contributed by atoms with E-state index in [0.717, 1.165) is 19.3 Å². The molecule has 150 valence electrons. The first kappa shape index (κ1) is 20.3. The zero-order valence-corrected chi connectivity index (χ0v) is 17.7. The van der Waals surface area contributed by atoms with E-state index in [0.29, 0.717) is 23.8 Å². The molecule has 0 radical (unpaired) electrons. The van der Waals surface area contributed by atoms with Gasteiger partial charge in [0.25, 0.3) is 5.91 Å². The third-order valence-electron chi connectivity index (χ3n) is 5.43. The highest BCUT2D eigenvalue weighted by Gasteiger charge is 2.36. The summed E-state index contributed by atoms with van der Waals surface area (Å²) in [5.74, 6) is -0.0872. The van der Waals surface area contributed by atoms with Crippen molar-refractivity contribution in [3.8, 4) is 0 Å². The zero-order chi connectivity index (χ0) is 19.8. The van der Waals surface area contributed by atoms with Gasteiger partial charge in [0.05, 0.1) is 11.5 Å². The van der Waals surface area contributed by atoms with Gasteiger partial charge in [-0.15, -0.1) is 11.3 Å². The molecule has 0 N–H and O–H groups in total. The third-order valence-corrected chi connectivity index (χ3v) is 8.40. The summed E-state index contributed by atoms with van der Waals surface area (Å²) in [7, 11) is -3.08. The van der Waals surface area contributed by atoms with Gasteiger partial charge < -0.3 is 9.64 Å². The molecule has 1 amide bonds. The second kappa shape index (κ2) is 7.91. The molecule has 27 heavy (non-hydrogen) atoms. The number of rotatable bonds is 5. The van der Waals surface area contributed by atoms with E-state index >= 15 is 0 Å². The minimum Gasteiger partial charge on any atom is -0.448 e. The van der Waals surface area contributed by atoms with Crippen LogP contribution in [0.3, 0.4) is 0 Å². The second-order valence-electron chi connectivity index (χ2n) is 7.64. The molecule has 1 fully saturated rings. The molecule has 6 nitrogen and oxygen atoms in total. The van der Waals surface area contributed by atoms with Crippen LogP contribution >= 0.6 is 11.3 Å². The maximum Gasteiger partial charge on any atom is 0.349 e. The predicted molar refractivity (Wildman–Crippen MR) is 105 cm³/mol. The molecular formula is C19H27NO5S2. The molecule has 0 bridgehead atoms. The molecule has 0 aromatic carbocycles. The number of aryl methyl sites for hydroxylation is 1. The summed E-state index contributed by atoms with van der Waals surface area (Å²) < 4.78 is 28.9. The molecule has 3 rings (SSSR count). The highest BCUT2D eigenvalue weighted by atomic mass is 32.2. The number of amides is 1. The highest BCUT2D eigenvalue weighted by molar-refractivity contribution is 7.91. The molecule has 0 spiro atoms. The predicted octanol–water partition coefficient (Wildman–Crippen LogP) is 2.45. The Balaban J connectivity index is 1.64. The monoisotopic (exact) mass is 413 g/mol. The van der Waals surface area contributed by atoms with E-state index in [2.05, 4.69) is 6.92 Å². The van der Waals surface area contributed by atoms with Gasteiger partial charge in [-0.25, -0.2) is 13.2 Å². The van der Waals surface area contributed by atoms with Crippen LogP contribution in [-0.4, -0.2) is 55.4 Å². The molecule has 3 unspecified atom stereocenters. The van der Waals surface area contributed by atoms with Crippen LogP contribution in [0.1, 0.15) is 53.7 Å². The zero-order valence-electron chi connectivity index (χ0n) is 16.1. The molecule has 3 atom stereocenters. The number of ether oxygens (including phenoxy) is 1. The van der Waals surface area contributed by atoms with E-state index in [1.165, 1.54) is 26.7 Å². The van der Waals surface area contributed by atoms with Crippen LogP contribution in [0.15, 0.2) is 6.07 Å². The molecule has 1 aromatic heterocycles. The van der Waals surface area contributed by atoms with Crippen molar-refractivity contribution in [1.82, 2.24) is 4.90 Å². The summed E-state index contributed by atoms with van der Waals surface area (Å²) in [6, 6.07) is 1.57. The minimum atomic E-state index is -3.08. The molecular weight excluding hydrogens is 386 g/mol. The van der Waals surface area contributed by atoms with Crippen molar-refractivity contribution in [2.75, 3.05) is 18.1 Å². The van der Waals surface area contributed by atoms with Gasteiger partial charge in [-0.1, -0.05) is 6.92 Å². The van der Waals surface area contributed by atoms with Crippen molar-refractivity contribution >= 4 is 33.1 Å². The van der Waals surface area contributed by atoms with E-state index < -0.39 is 21.9 Å². The summed E-state index contributed by atoms with van der Waals surface area (Å²) in [5.41, 5.74) is 1.22. The second-order valence-corrected chi connectivity index (χ2v) is 11.0. The smallest absolute Gasteiger partial charge is 0.349 e. The Labute approximate surface area is 164 Å². The molecule has 2 aliphatic rings. The summed E-state index contributed by atoms with van der Waals surface area (Å²) in [6.07, 6.45) is 2.61. The lowest BCUT2D eigenvalue weighted by molar-refractivity contribution is -0.141. The topological polar surface area (TPSA) is 80.8 Å². The largest absolute Gasteiger partial charge is 0.448 e. The van der Waals surface area contributed by atoms with E-state index in [9.17, 15) is 18.0 Å². The van der Waals surface area contributed by atoms with Gasteiger partial charge in [-0.2, -0.15) is 0 Å². The third kappa shape index (κ3) is 4.54. The lowest BCUT2D eigenvalue weighted by Crippen LogP contribution is -2.46. The van der Waals surface area contributed by atoms with Crippen LogP contribution in [-0.2, 0) is 32.2 Å². The van der Waals surface area contributed by atoms with Gasteiger partial charge in [0.1, 0.15) is 4.88 Å². The molecule has 0 saturated carbocycles. The maximum atomic E-state index is 12.7. The molecule has 1 aliphatic heterocycles. The highest BCUT2D eigenvalue weighted by Crippen LogP contribution is 2.32. The van der Waals surface area contributed by atoms with Gasteiger partial charge in [0, 0.05) is 17.5 Å². The first-order valence-corrected chi connectivity index (χ1v) is 12.2. The van der Waals surface area contributed by atoms with Crippen molar-refractivity contribution in [3.63, 3.8) is 0 Å². The van der Waals surface area contributed by atoms with Gasteiger partial charge >= 0.3 is 5.97 Å². The Bertz CT molecular complexity index is 829. The number of carbonyl (C=O) groups is 2. The van der Waals surface area contributed by atoms with E-state index in [-0.39, 0.29) is 23.5 Å². The Hall–Kier alpha value is -1.41. The van der Waals surface area contributed by atoms with Crippen molar-refractivity contribution in [2.24, 2.45) is 5.92 Å². The lowest BCUT2D eigenvalue weighted by Gasteiger charge is -2.29. The van der Waals surface area contributed by atoms with Gasteiger partial charge in [-0.3, -0.25) is 4.79 Å². The molecule has 1 saturated heterocycles. The fraction of sp³-hybridized carbons (Fsp3) is 0.684. The number of fused-ring (bicyclic) bond motifs is 1. The molecule has 2 heterocycles. The number of likely N-dealkylation sites (N-methyl/N-ethyl adjacent to an activating group) is 1.